The van der Waals surface area contributed by atoms with Gasteiger partial charge in [0.15, 0.2) is 0 Å². The van der Waals surface area contributed by atoms with Crippen molar-refractivity contribution in [2.75, 3.05) is 26.7 Å². The molecule has 2 aliphatic rings. The largest absolute Gasteiger partial charge is 0.327 e. The lowest BCUT2D eigenvalue weighted by Gasteiger charge is -2.41. The van der Waals surface area contributed by atoms with E-state index in [1.165, 1.54) is 4.90 Å². The second-order valence-electron chi connectivity index (χ2n) is 6.84. The van der Waals surface area contributed by atoms with Gasteiger partial charge in [-0.2, -0.15) is 0 Å². The summed E-state index contributed by atoms with van der Waals surface area (Å²) in [7, 11) is 1.78. The topological polar surface area (TPSA) is 43.9 Å². The molecule has 2 heterocycles. The highest BCUT2D eigenvalue weighted by Gasteiger charge is 2.56. The number of likely N-dealkylation sites (N-methyl/N-ethyl adjacent to an activating group) is 1. The van der Waals surface area contributed by atoms with Crippen LogP contribution in [0.15, 0.2) is 0 Å². The summed E-state index contributed by atoms with van der Waals surface area (Å²) >= 11 is 0. The number of hydrogen-bond donors (Lipinski definition) is 0. The number of rotatable bonds is 3. The number of carbonyl (C=O) groups is 2. The quantitative estimate of drug-likeness (QED) is 0.741. The third-order valence-corrected chi connectivity index (χ3v) is 4.57. The Morgan fingerprint density at radius 1 is 1.10 bits per heavy atom. The highest BCUT2D eigenvalue weighted by molar-refractivity contribution is 6.07. The molecule has 3 amide bonds. The molecule has 2 saturated heterocycles. The van der Waals surface area contributed by atoms with Gasteiger partial charge < -0.3 is 9.80 Å². The lowest BCUT2D eigenvalue weighted by Crippen LogP contribution is -2.55. The summed E-state index contributed by atoms with van der Waals surface area (Å²) in [6.45, 7) is 11.1. The summed E-state index contributed by atoms with van der Waals surface area (Å²) in [5.41, 5.74) is -0.588. The van der Waals surface area contributed by atoms with Crippen LogP contribution in [0.4, 0.5) is 4.79 Å². The summed E-state index contributed by atoms with van der Waals surface area (Å²) in [6.07, 6.45) is 1.51. The predicted octanol–water partition coefficient (Wildman–Crippen LogP) is 1.78. The van der Waals surface area contributed by atoms with E-state index in [2.05, 4.69) is 18.7 Å². The van der Waals surface area contributed by atoms with E-state index in [0.29, 0.717) is 5.92 Å². The molecule has 0 aliphatic carbocycles. The Balaban J connectivity index is 2.13. The Morgan fingerprint density at radius 3 is 2.05 bits per heavy atom. The van der Waals surface area contributed by atoms with Crippen LogP contribution in [0.25, 0.3) is 0 Å². The zero-order valence-corrected chi connectivity index (χ0v) is 13.3. The zero-order chi connectivity index (χ0) is 15.1. The predicted molar refractivity (Wildman–Crippen MR) is 78.4 cm³/mol. The first-order valence-electron chi connectivity index (χ1n) is 7.63. The maximum Gasteiger partial charge on any atom is 0.327 e. The number of nitrogens with zero attached hydrogens (tertiary/aromatic N) is 3. The fraction of sp³-hybridized carbons (Fsp3) is 0.867. The maximum absolute atomic E-state index is 12.7. The Hall–Kier alpha value is -1.10. The molecule has 0 aromatic carbocycles. The van der Waals surface area contributed by atoms with Crippen LogP contribution >= 0.6 is 0 Å². The number of likely N-dealkylation sites (tertiary alicyclic amines) is 1. The summed E-state index contributed by atoms with van der Waals surface area (Å²) in [5, 5.41) is 0. The molecule has 0 N–H and O–H groups in total. The first-order valence-corrected chi connectivity index (χ1v) is 7.63. The van der Waals surface area contributed by atoms with Crippen molar-refractivity contribution in [3.05, 3.63) is 0 Å². The molecule has 0 aromatic heterocycles. The van der Waals surface area contributed by atoms with Gasteiger partial charge in [-0.25, -0.2) is 4.79 Å². The van der Waals surface area contributed by atoms with Gasteiger partial charge in [-0.05, 0) is 32.6 Å². The second kappa shape index (κ2) is 5.35. The van der Waals surface area contributed by atoms with E-state index in [4.69, 9.17) is 0 Å². The second-order valence-corrected chi connectivity index (χ2v) is 6.84. The molecular formula is C15H27N3O2. The van der Waals surface area contributed by atoms with Crippen molar-refractivity contribution in [3.63, 3.8) is 0 Å². The molecule has 2 rings (SSSR count). The van der Waals surface area contributed by atoms with Gasteiger partial charge in [0.25, 0.3) is 5.91 Å². The van der Waals surface area contributed by atoms with Gasteiger partial charge >= 0.3 is 6.03 Å². The molecule has 0 aromatic rings. The van der Waals surface area contributed by atoms with Gasteiger partial charge in [-0.1, -0.05) is 13.8 Å². The first kappa shape index (κ1) is 15.3. The molecular weight excluding hydrogens is 254 g/mol. The standard InChI is InChI=1S/C15H27N3O2/c1-11(2)10-17-8-6-15(7-9-17)13(19)18(12(3)4)14(20)16(15)5/h11-12H,6-10H2,1-5H3. The van der Waals surface area contributed by atoms with E-state index in [1.807, 2.05) is 13.8 Å². The van der Waals surface area contributed by atoms with Crippen LogP contribution in [-0.4, -0.2) is 64.9 Å². The average Bonchev–Trinajstić information content (AvgIpc) is 2.54. The Kier molecular flexibility index (Phi) is 4.09. The SMILES string of the molecule is CC(C)CN1CCC2(CC1)C(=O)N(C(C)C)C(=O)N2C. The van der Waals surface area contributed by atoms with Crippen molar-refractivity contribution in [2.24, 2.45) is 5.92 Å². The third kappa shape index (κ3) is 2.32. The minimum absolute atomic E-state index is 0.00389. The van der Waals surface area contributed by atoms with Crippen LogP contribution in [-0.2, 0) is 4.79 Å². The van der Waals surface area contributed by atoms with Gasteiger partial charge in [-0.3, -0.25) is 9.69 Å². The molecule has 20 heavy (non-hydrogen) atoms. The number of amides is 3. The molecule has 2 fully saturated rings. The highest BCUT2D eigenvalue weighted by Crippen LogP contribution is 2.37. The minimum Gasteiger partial charge on any atom is -0.312 e. The van der Waals surface area contributed by atoms with E-state index in [9.17, 15) is 9.59 Å². The van der Waals surface area contributed by atoms with Gasteiger partial charge in [0.05, 0.1) is 0 Å². The molecule has 2 aliphatic heterocycles. The molecule has 0 radical (unpaired) electrons. The molecule has 0 saturated carbocycles. The lowest BCUT2D eigenvalue weighted by atomic mass is 9.86. The molecule has 5 nitrogen and oxygen atoms in total. The monoisotopic (exact) mass is 281 g/mol. The number of urea groups is 1. The summed E-state index contributed by atoms with van der Waals surface area (Å²) in [5.74, 6) is 0.638. The van der Waals surface area contributed by atoms with E-state index in [1.54, 1.807) is 11.9 Å². The molecule has 5 heteroatoms. The number of hydrogen-bond acceptors (Lipinski definition) is 3. The average molecular weight is 281 g/mol. The fourth-order valence-electron chi connectivity index (χ4n) is 3.43. The van der Waals surface area contributed by atoms with Crippen LogP contribution in [0.3, 0.4) is 0 Å². The zero-order valence-electron chi connectivity index (χ0n) is 13.3. The van der Waals surface area contributed by atoms with Crippen molar-refractivity contribution in [2.45, 2.75) is 52.1 Å². The highest BCUT2D eigenvalue weighted by atomic mass is 16.2. The third-order valence-electron chi connectivity index (χ3n) is 4.57. The van der Waals surface area contributed by atoms with Crippen molar-refractivity contribution < 1.29 is 9.59 Å². The van der Waals surface area contributed by atoms with E-state index in [0.717, 1.165) is 32.5 Å². The van der Waals surface area contributed by atoms with Gasteiger partial charge in [0.1, 0.15) is 5.54 Å². The van der Waals surface area contributed by atoms with Crippen LogP contribution in [0.5, 0.6) is 0 Å². The van der Waals surface area contributed by atoms with Crippen molar-refractivity contribution in [1.29, 1.82) is 0 Å². The van der Waals surface area contributed by atoms with Crippen molar-refractivity contribution >= 4 is 11.9 Å². The lowest BCUT2D eigenvalue weighted by molar-refractivity contribution is -0.136. The van der Waals surface area contributed by atoms with Crippen molar-refractivity contribution in [1.82, 2.24) is 14.7 Å². The first-order chi connectivity index (χ1) is 9.29. The minimum atomic E-state index is -0.588. The van der Waals surface area contributed by atoms with Gasteiger partial charge in [0.2, 0.25) is 0 Å². The number of imide groups is 1. The molecule has 0 bridgehead atoms. The van der Waals surface area contributed by atoms with Crippen LogP contribution in [0.2, 0.25) is 0 Å². The Labute approximate surface area is 121 Å². The van der Waals surface area contributed by atoms with E-state index >= 15 is 0 Å². The summed E-state index contributed by atoms with van der Waals surface area (Å²) < 4.78 is 0. The van der Waals surface area contributed by atoms with Crippen LogP contribution < -0.4 is 0 Å². The van der Waals surface area contributed by atoms with Crippen LogP contribution in [0.1, 0.15) is 40.5 Å². The Morgan fingerprint density at radius 2 is 1.65 bits per heavy atom. The molecule has 0 unspecified atom stereocenters. The molecule has 0 atom stereocenters. The van der Waals surface area contributed by atoms with E-state index in [-0.39, 0.29) is 18.0 Å². The van der Waals surface area contributed by atoms with Crippen LogP contribution in [0, 0.1) is 5.92 Å². The normalized spacial score (nSPS) is 23.8. The smallest absolute Gasteiger partial charge is 0.312 e. The molecule has 1 spiro atoms. The van der Waals surface area contributed by atoms with Gasteiger partial charge in [-0.15, -0.1) is 0 Å². The summed E-state index contributed by atoms with van der Waals surface area (Å²) in [6, 6.07) is -0.201. The Bertz CT molecular complexity index is 398. The van der Waals surface area contributed by atoms with Crippen molar-refractivity contribution in [3.8, 4) is 0 Å². The molecule has 114 valence electrons. The maximum atomic E-state index is 12.7. The van der Waals surface area contributed by atoms with Gasteiger partial charge in [0, 0.05) is 32.7 Å². The number of piperidine rings is 1. The number of carbonyl (C=O) groups excluding carboxylic acids is 2. The summed E-state index contributed by atoms with van der Waals surface area (Å²) in [4.78, 5) is 30.5. The fourth-order valence-corrected chi connectivity index (χ4v) is 3.43. The van der Waals surface area contributed by atoms with E-state index < -0.39 is 5.54 Å².